The quantitative estimate of drug-likeness (QED) is 0.365. The van der Waals surface area contributed by atoms with Crippen molar-refractivity contribution in [3.63, 3.8) is 0 Å². The number of rotatable bonds is 8. The maximum absolute atomic E-state index is 13.3. The lowest BCUT2D eigenvalue weighted by atomic mass is 10.1. The molecule has 3 heterocycles. The molecule has 1 aliphatic rings. The second-order valence-electron chi connectivity index (χ2n) is 8.82. The summed E-state index contributed by atoms with van der Waals surface area (Å²) in [5.74, 6) is 0.605. The van der Waals surface area contributed by atoms with Gasteiger partial charge in [-0.3, -0.25) is 14.3 Å². The van der Waals surface area contributed by atoms with Gasteiger partial charge in [-0.25, -0.2) is 4.98 Å². The number of benzene rings is 1. The van der Waals surface area contributed by atoms with Crippen molar-refractivity contribution in [1.29, 1.82) is 0 Å². The highest BCUT2D eigenvalue weighted by Crippen LogP contribution is 2.30. The number of carbonyl (C=O) groups excluding carboxylic acids is 1. The molecule has 0 radical (unpaired) electrons. The van der Waals surface area contributed by atoms with Gasteiger partial charge in [0.05, 0.1) is 50.7 Å². The number of nitrogens with one attached hydrogen (secondary N) is 1. The van der Waals surface area contributed by atoms with Gasteiger partial charge in [-0.15, -0.1) is 0 Å². The number of hydroxylamine groups is 3. The van der Waals surface area contributed by atoms with Crippen LogP contribution in [0.25, 0.3) is 22.4 Å². The predicted molar refractivity (Wildman–Crippen MR) is 131 cm³/mol. The lowest BCUT2D eigenvalue weighted by molar-refractivity contribution is -0.884. The van der Waals surface area contributed by atoms with E-state index in [-0.39, 0.29) is 37.7 Å². The first-order valence-electron chi connectivity index (χ1n) is 12.0. The molecule has 4 rings (SSSR count). The Bertz CT molecular complexity index is 1280. The molecule has 3 aromatic rings. The molecular formula is C24H32N6O5. The normalized spacial score (nSPS) is 15.5. The third-order valence-corrected chi connectivity index (χ3v) is 6.38. The Morgan fingerprint density at radius 3 is 2.69 bits per heavy atom. The molecule has 2 aromatic heterocycles. The number of hydrogen-bond donors (Lipinski definition) is 2. The van der Waals surface area contributed by atoms with Crippen molar-refractivity contribution in [3.8, 4) is 17.1 Å². The monoisotopic (exact) mass is 484 g/mol. The molecule has 35 heavy (non-hydrogen) atoms. The van der Waals surface area contributed by atoms with Crippen LogP contribution in [0.4, 0.5) is 0 Å². The van der Waals surface area contributed by atoms with Gasteiger partial charge in [0.15, 0.2) is 5.52 Å². The highest BCUT2D eigenvalue weighted by molar-refractivity contribution is 5.96. The molecule has 0 spiro atoms. The lowest BCUT2D eigenvalue weighted by Gasteiger charge is -2.47. The Morgan fingerprint density at radius 2 is 2.03 bits per heavy atom. The number of fused-ring (bicyclic) bond motifs is 1. The number of aliphatic hydroxyl groups is 1. The van der Waals surface area contributed by atoms with Crippen molar-refractivity contribution < 1.29 is 19.3 Å². The number of piperazine rings is 1. The Kier molecular flexibility index (Phi) is 7.20. The molecule has 1 fully saturated rings. The fraction of sp³-hybridized carbons (Fsp3) is 0.500. The number of aryl methyl sites for hydroxylation is 2. The van der Waals surface area contributed by atoms with Crippen LogP contribution in [0.15, 0.2) is 23.0 Å². The number of H-pyrrole nitrogens is 1. The van der Waals surface area contributed by atoms with Gasteiger partial charge in [-0.05, 0) is 31.5 Å². The van der Waals surface area contributed by atoms with Crippen LogP contribution in [0.3, 0.4) is 0 Å². The third kappa shape index (κ3) is 4.93. The molecule has 0 saturated carbocycles. The zero-order valence-corrected chi connectivity index (χ0v) is 20.4. The van der Waals surface area contributed by atoms with E-state index in [1.807, 2.05) is 13.8 Å². The Labute approximate surface area is 203 Å². The van der Waals surface area contributed by atoms with Gasteiger partial charge in [0.1, 0.15) is 23.6 Å². The van der Waals surface area contributed by atoms with Gasteiger partial charge in [0.25, 0.3) is 11.5 Å². The molecule has 1 aromatic carbocycles. The highest BCUT2D eigenvalue weighted by atomic mass is 16.5. The van der Waals surface area contributed by atoms with E-state index >= 15 is 0 Å². The standard InChI is InChI=1S/C24H32N6O5/c1-4-6-18-20-21(28(3)27-18)23(32)26-22(25-20)17-15-16(7-8-19(17)35-5-2)24(33)29-9-11-30(34,12-10-29)13-14-31/h7-8,15,31H,4-6,9-14H2,1-3H3,(H,25,26,32). The second-order valence-corrected chi connectivity index (χ2v) is 8.82. The van der Waals surface area contributed by atoms with Crippen LogP contribution in [0.1, 0.15) is 36.3 Å². The largest absolute Gasteiger partial charge is 0.633 e. The first kappa shape index (κ1) is 24.8. The smallest absolute Gasteiger partial charge is 0.277 e. The van der Waals surface area contributed by atoms with Crippen LogP contribution < -0.4 is 10.3 Å². The van der Waals surface area contributed by atoms with E-state index in [1.54, 1.807) is 34.8 Å². The van der Waals surface area contributed by atoms with E-state index in [2.05, 4.69) is 10.1 Å². The number of carbonyl (C=O) groups is 1. The molecule has 11 nitrogen and oxygen atoms in total. The summed E-state index contributed by atoms with van der Waals surface area (Å²) in [5.41, 5.74) is 2.30. The zero-order chi connectivity index (χ0) is 25.2. The zero-order valence-electron chi connectivity index (χ0n) is 20.4. The number of aliphatic hydroxyl groups excluding tert-OH is 1. The molecule has 1 saturated heterocycles. The van der Waals surface area contributed by atoms with Gasteiger partial charge < -0.3 is 29.6 Å². The number of ether oxygens (including phenoxy) is 1. The molecular weight excluding hydrogens is 452 g/mol. The molecule has 0 aliphatic carbocycles. The minimum atomic E-state index is -0.495. The van der Waals surface area contributed by atoms with Gasteiger partial charge in [-0.2, -0.15) is 5.10 Å². The molecule has 0 bridgehead atoms. The lowest BCUT2D eigenvalue weighted by Crippen LogP contribution is -2.58. The first-order chi connectivity index (χ1) is 16.8. The van der Waals surface area contributed by atoms with E-state index in [0.717, 1.165) is 12.1 Å². The number of quaternary nitrogens is 1. The fourth-order valence-electron chi connectivity index (χ4n) is 4.53. The molecule has 1 amide bonds. The summed E-state index contributed by atoms with van der Waals surface area (Å²) in [6.07, 6.45) is 1.55. The molecule has 1 aliphatic heterocycles. The summed E-state index contributed by atoms with van der Waals surface area (Å²) < 4.78 is 6.83. The average molecular weight is 485 g/mol. The summed E-state index contributed by atoms with van der Waals surface area (Å²) in [6.45, 7) is 5.35. The summed E-state index contributed by atoms with van der Waals surface area (Å²) in [7, 11) is 1.72. The van der Waals surface area contributed by atoms with Crippen LogP contribution in [-0.2, 0) is 13.5 Å². The minimum Gasteiger partial charge on any atom is -0.633 e. The summed E-state index contributed by atoms with van der Waals surface area (Å²) >= 11 is 0. The SMILES string of the molecule is CCCc1nn(C)c2c(=O)[nH]c(-c3cc(C(=O)N4CC[N+]([O-])(CCO)CC4)ccc3OCC)nc12. The third-order valence-electron chi connectivity index (χ3n) is 6.38. The molecule has 0 unspecified atom stereocenters. The topological polar surface area (TPSA) is 136 Å². The number of amides is 1. The van der Waals surface area contributed by atoms with Gasteiger partial charge in [0.2, 0.25) is 0 Å². The first-order valence-corrected chi connectivity index (χ1v) is 12.0. The van der Waals surface area contributed by atoms with E-state index in [4.69, 9.17) is 14.8 Å². The van der Waals surface area contributed by atoms with Gasteiger partial charge >= 0.3 is 0 Å². The van der Waals surface area contributed by atoms with Gasteiger partial charge in [0, 0.05) is 12.6 Å². The van der Waals surface area contributed by atoms with Crippen LogP contribution in [0.5, 0.6) is 5.75 Å². The fourth-order valence-corrected chi connectivity index (χ4v) is 4.53. The van der Waals surface area contributed by atoms with Crippen LogP contribution >= 0.6 is 0 Å². The van der Waals surface area contributed by atoms with Crippen LogP contribution in [0, 0.1) is 5.21 Å². The maximum atomic E-state index is 13.3. The summed E-state index contributed by atoms with van der Waals surface area (Å²) in [4.78, 5) is 35.4. The van der Waals surface area contributed by atoms with E-state index in [9.17, 15) is 14.8 Å². The van der Waals surface area contributed by atoms with Gasteiger partial charge in [-0.1, -0.05) is 13.3 Å². The van der Waals surface area contributed by atoms with Crippen LogP contribution in [0.2, 0.25) is 0 Å². The van der Waals surface area contributed by atoms with Crippen molar-refractivity contribution in [1.82, 2.24) is 24.6 Å². The van der Waals surface area contributed by atoms with E-state index in [1.165, 1.54) is 0 Å². The van der Waals surface area contributed by atoms with E-state index < -0.39 is 4.65 Å². The van der Waals surface area contributed by atoms with Crippen molar-refractivity contribution >= 4 is 16.9 Å². The number of aromatic amines is 1. The Hall–Kier alpha value is -3.28. The summed E-state index contributed by atoms with van der Waals surface area (Å²) in [5, 5.41) is 26.2. The van der Waals surface area contributed by atoms with Crippen LogP contribution in [-0.4, -0.2) is 86.2 Å². The second kappa shape index (κ2) is 10.1. The minimum absolute atomic E-state index is 0.130. The molecule has 2 N–H and O–H groups in total. The van der Waals surface area contributed by atoms with Crippen molar-refractivity contribution in [2.75, 3.05) is 45.9 Å². The summed E-state index contributed by atoms with van der Waals surface area (Å²) in [6, 6.07) is 5.06. The van der Waals surface area contributed by atoms with Crippen molar-refractivity contribution in [3.05, 3.63) is 45.0 Å². The molecule has 11 heteroatoms. The Balaban J connectivity index is 1.72. The highest BCUT2D eigenvalue weighted by Gasteiger charge is 2.29. The number of nitrogens with zero attached hydrogens (tertiary/aromatic N) is 5. The van der Waals surface area contributed by atoms with Crippen molar-refractivity contribution in [2.45, 2.75) is 26.7 Å². The van der Waals surface area contributed by atoms with E-state index in [0.29, 0.717) is 59.9 Å². The number of aromatic nitrogens is 4. The Morgan fingerprint density at radius 1 is 1.29 bits per heavy atom. The average Bonchev–Trinajstić information content (AvgIpc) is 3.15. The van der Waals surface area contributed by atoms with Crippen molar-refractivity contribution in [2.24, 2.45) is 7.05 Å². The predicted octanol–water partition coefficient (Wildman–Crippen LogP) is 1.44. The molecule has 188 valence electrons. The number of hydrogen-bond acceptors (Lipinski definition) is 7. The maximum Gasteiger partial charge on any atom is 0.277 e. The molecule has 0 atom stereocenters.